The molecule has 0 radical (unpaired) electrons. The maximum Gasteiger partial charge on any atom is 0.203 e. The summed E-state index contributed by atoms with van der Waals surface area (Å²) in [6, 6.07) is 9.12. The van der Waals surface area contributed by atoms with E-state index in [1.54, 1.807) is 45.4 Å². The molecule has 0 aliphatic rings. The summed E-state index contributed by atoms with van der Waals surface area (Å²) in [6.07, 6.45) is 1.65. The van der Waals surface area contributed by atoms with Crippen molar-refractivity contribution in [2.24, 2.45) is 0 Å². The number of nitrogens with one attached hydrogen (secondary N) is 1. The van der Waals surface area contributed by atoms with E-state index >= 15 is 0 Å². The molecule has 2 aromatic carbocycles. The predicted molar refractivity (Wildman–Crippen MR) is 102 cm³/mol. The van der Waals surface area contributed by atoms with Crippen LogP contribution in [0.3, 0.4) is 0 Å². The van der Waals surface area contributed by atoms with Crippen LogP contribution in [0.2, 0.25) is 0 Å². The van der Waals surface area contributed by atoms with Crippen molar-refractivity contribution in [1.29, 1.82) is 0 Å². The van der Waals surface area contributed by atoms with Crippen molar-refractivity contribution >= 4 is 17.5 Å². The fourth-order valence-corrected chi connectivity index (χ4v) is 2.90. The highest BCUT2D eigenvalue weighted by atomic mass is 35.5. The number of hydrogen-bond acceptors (Lipinski definition) is 7. The van der Waals surface area contributed by atoms with Gasteiger partial charge < -0.3 is 18.9 Å². The second kappa shape index (κ2) is 8.05. The van der Waals surface area contributed by atoms with E-state index in [-0.39, 0.29) is 0 Å². The number of rotatable bonds is 7. The fourth-order valence-electron chi connectivity index (χ4n) is 2.75. The summed E-state index contributed by atoms with van der Waals surface area (Å²) in [5, 5.41) is 8.23. The first-order chi connectivity index (χ1) is 13.2. The van der Waals surface area contributed by atoms with E-state index in [0.29, 0.717) is 28.7 Å². The topological polar surface area (TPSA) is 79.7 Å². The largest absolute Gasteiger partial charge is 0.495 e. The van der Waals surface area contributed by atoms with Gasteiger partial charge in [-0.3, -0.25) is 4.84 Å². The Morgan fingerprint density at radius 3 is 2.11 bits per heavy atom. The molecule has 1 aromatic heterocycles. The monoisotopic (exact) mass is 390 g/mol. The number of halogens is 1. The zero-order valence-electron chi connectivity index (χ0n) is 15.3. The van der Waals surface area contributed by atoms with Crippen LogP contribution in [0.15, 0.2) is 36.5 Å². The molecule has 0 spiro atoms. The Labute approximate surface area is 161 Å². The minimum absolute atomic E-state index is 0.515. The van der Waals surface area contributed by atoms with Crippen molar-refractivity contribution < 1.29 is 18.9 Å². The van der Waals surface area contributed by atoms with Crippen LogP contribution in [0.4, 0.5) is 5.69 Å². The Bertz CT molecular complexity index is 920. The molecule has 0 bridgehead atoms. The summed E-state index contributed by atoms with van der Waals surface area (Å²) in [7, 11) is 6.27. The lowest BCUT2D eigenvalue weighted by molar-refractivity contribution is 0.324. The van der Waals surface area contributed by atoms with E-state index in [9.17, 15) is 0 Å². The number of benzene rings is 2. The summed E-state index contributed by atoms with van der Waals surface area (Å²) in [4.78, 5) is 2.59. The Hall–Kier alpha value is -3.13. The van der Waals surface area contributed by atoms with Gasteiger partial charge in [0.2, 0.25) is 5.75 Å². The van der Waals surface area contributed by atoms with Gasteiger partial charge in [0.15, 0.2) is 11.5 Å². The Kier molecular flexibility index (Phi) is 5.56. The predicted octanol–water partition coefficient (Wildman–Crippen LogP) is 3.53. The molecule has 0 atom stereocenters. The zero-order chi connectivity index (χ0) is 19.4. The molecule has 9 heteroatoms. The van der Waals surface area contributed by atoms with Gasteiger partial charge in [0, 0.05) is 17.3 Å². The van der Waals surface area contributed by atoms with Crippen molar-refractivity contribution in [2.45, 2.75) is 0 Å². The summed E-state index contributed by atoms with van der Waals surface area (Å²) in [5.41, 5.74) is 2.90. The van der Waals surface area contributed by atoms with Gasteiger partial charge in [-0.1, -0.05) is 5.21 Å². The van der Waals surface area contributed by atoms with Gasteiger partial charge in [0.25, 0.3) is 0 Å². The maximum absolute atomic E-state index is 5.79. The molecule has 0 amide bonds. The molecule has 0 aliphatic heterocycles. The summed E-state index contributed by atoms with van der Waals surface area (Å²) in [5.74, 6) is 2.21. The lowest BCUT2D eigenvalue weighted by atomic mass is 10.1. The third-order valence-electron chi connectivity index (χ3n) is 4.04. The number of methoxy groups -OCH3 is 4. The molecule has 8 nitrogen and oxygen atoms in total. The number of aromatic nitrogens is 3. The molecule has 0 fully saturated rings. The summed E-state index contributed by atoms with van der Waals surface area (Å²) >= 11 is 5.79. The molecular weight excluding hydrogens is 372 g/mol. The molecule has 0 unspecified atom stereocenters. The lowest BCUT2D eigenvalue weighted by Gasteiger charge is -2.15. The van der Waals surface area contributed by atoms with Gasteiger partial charge >= 0.3 is 0 Å². The normalized spacial score (nSPS) is 10.4. The van der Waals surface area contributed by atoms with Crippen LogP contribution in [0.25, 0.3) is 16.9 Å². The molecule has 1 heterocycles. The number of anilines is 1. The molecule has 0 aliphatic carbocycles. The molecule has 1 N–H and O–H groups in total. The first-order valence-corrected chi connectivity index (χ1v) is 8.30. The van der Waals surface area contributed by atoms with Crippen LogP contribution in [-0.4, -0.2) is 43.4 Å². The van der Waals surface area contributed by atoms with Crippen molar-refractivity contribution in [3.63, 3.8) is 0 Å². The fraction of sp³-hybridized carbons (Fsp3) is 0.222. The van der Waals surface area contributed by atoms with Gasteiger partial charge in [0.05, 0.1) is 51.7 Å². The third-order valence-corrected chi connectivity index (χ3v) is 4.24. The van der Waals surface area contributed by atoms with E-state index in [1.165, 1.54) is 0 Å². The van der Waals surface area contributed by atoms with Gasteiger partial charge in [-0.15, -0.1) is 5.10 Å². The smallest absolute Gasteiger partial charge is 0.203 e. The average molecular weight is 391 g/mol. The van der Waals surface area contributed by atoms with Gasteiger partial charge in [-0.2, -0.15) is 0 Å². The molecular formula is C18H19ClN4O4. The highest BCUT2D eigenvalue weighted by molar-refractivity contribution is 6.24. The quantitative estimate of drug-likeness (QED) is 0.618. The zero-order valence-corrected chi connectivity index (χ0v) is 16.1. The van der Waals surface area contributed by atoms with Crippen LogP contribution in [0.1, 0.15) is 0 Å². The third kappa shape index (κ3) is 3.43. The SMILES string of the molecule is COc1ccc(-n2nncc2-c2cc(OC)c(OC)c(OC)c2)cc1NCl. The number of nitrogens with zero attached hydrogens (tertiary/aromatic N) is 3. The van der Waals surface area contributed by atoms with Gasteiger partial charge in [0.1, 0.15) is 5.75 Å². The molecule has 3 aromatic rings. The van der Waals surface area contributed by atoms with Crippen molar-refractivity contribution in [1.82, 2.24) is 15.0 Å². The second-order valence-corrected chi connectivity index (χ2v) is 5.61. The van der Waals surface area contributed by atoms with E-state index in [4.69, 9.17) is 30.7 Å². The lowest BCUT2D eigenvalue weighted by Crippen LogP contribution is -2.02. The first-order valence-electron chi connectivity index (χ1n) is 7.93. The van der Waals surface area contributed by atoms with E-state index in [0.717, 1.165) is 16.9 Å². The first kappa shape index (κ1) is 18.7. The second-order valence-electron chi connectivity index (χ2n) is 5.42. The Morgan fingerprint density at radius 2 is 1.56 bits per heavy atom. The number of hydrogen-bond donors (Lipinski definition) is 1. The minimum Gasteiger partial charge on any atom is -0.495 e. The van der Waals surface area contributed by atoms with Crippen molar-refractivity contribution in [3.05, 3.63) is 36.5 Å². The molecule has 0 saturated carbocycles. The van der Waals surface area contributed by atoms with Gasteiger partial charge in [-0.25, -0.2) is 4.68 Å². The maximum atomic E-state index is 5.79. The highest BCUT2D eigenvalue weighted by Crippen LogP contribution is 2.41. The molecule has 27 heavy (non-hydrogen) atoms. The van der Waals surface area contributed by atoms with E-state index in [1.807, 2.05) is 24.3 Å². The number of ether oxygens (including phenoxy) is 4. The minimum atomic E-state index is 0.515. The average Bonchev–Trinajstić information content (AvgIpc) is 3.21. The molecule has 142 valence electrons. The van der Waals surface area contributed by atoms with Crippen LogP contribution in [0.5, 0.6) is 23.0 Å². The summed E-state index contributed by atoms with van der Waals surface area (Å²) < 4.78 is 23.2. The highest BCUT2D eigenvalue weighted by Gasteiger charge is 2.18. The van der Waals surface area contributed by atoms with Gasteiger partial charge in [-0.05, 0) is 30.3 Å². The van der Waals surface area contributed by atoms with Crippen LogP contribution in [0, 0.1) is 0 Å². The standard InChI is InChI=1S/C18H19ClN4O4/c1-24-15-6-5-12(9-13(15)21-19)23-14(10-20-22-23)11-7-16(25-2)18(27-4)17(8-11)26-3/h5-10,21H,1-4H3. The Balaban J connectivity index is 2.13. The van der Waals surface area contributed by atoms with Crippen LogP contribution in [-0.2, 0) is 0 Å². The van der Waals surface area contributed by atoms with Crippen LogP contribution < -0.4 is 23.8 Å². The Morgan fingerprint density at radius 1 is 0.889 bits per heavy atom. The van der Waals surface area contributed by atoms with Crippen LogP contribution >= 0.6 is 11.8 Å². The van der Waals surface area contributed by atoms with Crippen molar-refractivity contribution in [2.75, 3.05) is 33.3 Å². The van der Waals surface area contributed by atoms with E-state index in [2.05, 4.69) is 15.1 Å². The molecule has 0 saturated heterocycles. The molecule has 3 rings (SSSR count). The summed E-state index contributed by atoms with van der Waals surface area (Å²) in [6.45, 7) is 0. The van der Waals surface area contributed by atoms with Crippen molar-refractivity contribution in [3.8, 4) is 39.9 Å². The van der Waals surface area contributed by atoms with E-state index < -0.39 is 0 Å².